The van der Waals surface area contributed by atoms with Crippen LogP contribution in [0.15, 0.2) is 41.3 Å². The number of rotatable bonds is 3. The number of hydrogen-bond donors (Lipinski definition) is 1. The Bertz CT molecular complexity index is 572. The molecule has 2 N–H and O–H groups in total. The Balaban J connectivity index is 2.11. The molecule has 0 saturated carbocycles. The van der Waals surface area contributed by atoms with Gasteiger partial charge in [-0.05, 0) is 35.9 Å². The SMILES string of the molecule is Nc1ccc(Cl)c(SCc2ccc(Cl)c(Cl)c2)c1. The molecule has 2 aromatic carbocycles. The van der Waals surface area contributed by atoms with Crippen LogP contribution in [0.5, 0.6) is 0 Å². The van der Waals surface area contributed by atoms with Gasteiger partial charge in [0.25, 0.3) is 0 Å². The van der Waals surface area contributed by atoms with Gasteiger partial charge in [-0.2, -0.15) is 0 Å². The summed E-state index contributed by atoms with van der Waals surface area (Å²) >= 11 is 19.5. The van der Waals surface area contributed by atoms with Gasteiger partial charge in [0.2, 0.25) is 0 Å². The normalized spacial score (nSPS) is 10.6. The first-order chi connectivity index (χ1) is 8.56. The molecule has 0 spiro atoms. The van der Waals surface area contributed by atoms with Crippen LogP contribution in [0.25, 0.3) is 0 Å². The van der Waals surface area contributed by atoms with Crippen LogP contribution < -0.4 is 5.73 Å². The van der Waals surface area contributed by atoms with Crippen LogP contribution >= 0.6 is 46.6 Å². The van der Waals surface area contributed by atoms with E-state index in [2.05, 4.69) is 0 Å². The van der Waals surface area contributed by atoms with Crippen molar-refractivity contribution in [1.82, 2.24) is 0 Å². The van der Waals surface area contributed by atoms with Crippen LogP contribution in [0.1, 0.15) is 5.56 Å². The number of benzene rings is 2. The third-order valence-electron chi connectivity index (χ3n) is 2.33. The van der Waals surface area contributed by atoms with Crippen molar-refractivity contribution in [3.05, 3.63) is 57.0 Å². The number of halogens is 3. The van der Waals surface area contributed by atoms with Crippen LogP contribution in [-0.4, -0.2) is 0 Å². The maximum absolute atomic E-state index is 6.10. The summed E-state index contributed by atoms with van der Waals surface area (Å²) in [6, 6.07) is 11.0. The number of nitrogen functional groups attached to an aromatic ring is 1. The summed E-state index contributed by atoms with van der Waals surface area (Å²) in [5.41, 5.74) is 7.53. The lowest BCUT2D eigenvalue weighted by Gasteiger charge is -2.06. The molecule has 0 unspecified atom stereocenters. The van der Waals surface area contributed by atoms with Gasteiger partial charge in [-0.3, -0.25) is 0 Å². The van der Waals surface area contributed by atoms with Crippen molar-refractivity contribution in [2.75, 3.05) is 5.73 Å². The van der Waals surface area contributed by atoms with Gasteiger partial charge in [0, 0.05) is 16.3 Å². The molecule has 2 rings (SSSR count). The van der Waals surface area contributed by atoms with Crippen molar-refractivity contribution in [3.8, 4) is 0 Å². The Labute approximate surface area is 125 Å². The monoisotopic (exact) mass is 317 g/mol. The zero-order chi connectivity index (χ0) is 13.1. The molecule has 0 bridgehead atoms. The van der Waals surface area contributed by atoms with Crippen LogP contribution in [0.2, 0.25) is 15.1 Å². The standard InChI is InChI=1S/C13H10Cl3NS/c14-10-3-1-8(5-12(10)16)7-18-13-6-9(17)2-4-11(13)15/h1-6H,7,17H2. The molecule has 94 valence electrons. The summed E-state index contributed by atoms with van der Waals surface area (Å²) < 4.78 is 0. The predicted octanol–water partition coefficient (Wildman–Crippen LogP) is 5.52. The molecule has 2 aromatic rings. The van der Waals surface area contributed by atoms with Crippen molar-refractivity contribution in [2.45, 2.75) is 10.6 Å². The largest absolute Gasteiger partial charge is 0.399 e. The highest BCUT2D eigenvalue weighted by Gasteiger charge is 2.04. The Morgan fingerprint density at radius 1 is 0.889 bits per heavy atom. The van der Waals surface area contributed by atoms with Gasteiger partial charge in [-0.25, -0.2) is 0 Å². The van der Waals surface area contributed by atoms with Gasteiger partial charge < -0.3 is 5.73 Å². The summed E-state index contributed by atoms with van der Waals surface area (Å²) in [5, 5.41) is 1.83. The van der Waals surface area contributed by atoms with E-state index in [9.17, 15) is 0 Å². The average Bonchev–Trinajstić information content (AvgIpc) is 2.34. The molecule has 5 heteroatoms. The number of hydrogen-bond acceptors (Lipinski definition) is 2. The lowest BCUT2D eigenvalue weighted by Crippen LogP contribution is -1.86. The molecular weight excluding hydrogens is 309 g/mol. The molecule has 0 atom stereocenters. The van der Waals surface area contributed by atoms with Crippen molar-refractivity contribution >= 4 is 52.3 Å². The van der Waals surface area contributed by atoms with E-state index in [0.29, 0.717) is 20.8 Å². The Morgan fingerprint density at radius 2 is 1.61 bits per heavy atom. The van der Waals surface area contributed by atoms with Crippen molar-refractivity contribution in [1.29, 1.82) is 0 Å². The summed E-state index contributed by atoms with van der Waals surface area (Å²) in [6.07, 6.45) is 0. The first kappa shape index (κ1) is 13.9. The minimum absolute atomic E-state index is 0.562. The van der Waals surface area contributed by atoms with Crippen LogP contribution in [0.3, 0.4) is 0 Å². The molecular formula is C13H10Cl3NS. The van der Waals surface area contributed by atoms with Crippen LogP contribution in [0, 0.1) is 0 Å². The second kappa shape index (κ2) is 6.07. The molecule has 0 heterocycles. The molecule has 0 aliphatic rings. The van der Waals surface area contributed by atoms with E-state index in [-0.39, 0.29) is 0 Å². The van der Waals surface area contributed by atoms with Crippen LogP contribution in [0.4, 0.5) is 5.69 Å². The van der Waals surface area contributed by atoms with Gasteiger partial charge in [0.05, 0.1) is 15.1 Å². The fourth-order valence-electron chi connectivity index (χ4n) is 1.42. The van der Waals surface area contributed by atoms with Crippen molar-refractivity contribution in [3.63, 3.8) is 0 Å². The molecule has 0 amide bonds. The highest BCUT2D eigenvalue weighted by molar-refractivity contribution is 7.98. The number of nitrogens with two attached hydrogens (primary N) is 1. The Morgan fingerprint density at radius 3 is 2.33 bits per heavy atom. The summed E-state index contributed by atoms with van der Waals surface area (Å²) in [5.74, 6) is 0.764. The van der Waals surface area contributed by atoms with E-state index < -0.39 is 0 Å². The minimum Gasteiger partial charge on any atom is -0.399 e. The zero-order valence-electron chi connectivity index (χ0n) is 9.29. The first-order valence-electron chi connectivity index (χ1n) is 5.18. The maximum Gasteiger partial charge on any atom is 0.0595 e. The smallest absolute Gasteiger partial charge is 0.0595 e. The van der Waals surface area contributed by atoms with Crippen molar-refractivity contribution in [2.24, 2.45) is 0 Å². The molecule has 0 saturated heterocycles. The average molecular weight is 319 g/mol. The predicted molar refractivity (Wildman–Crippen MR) is 81.9 cm³/mol. The van der Waals surface area contributed by atoms with Gasteiger partial charge in [-0.1, -0.05) is 40.9 Å². The fraction of sp³-hybridized carbons (Fsp3) is 0.0769. The molecule has 0 aliphatic heterocycles. The van der Waals surface area contributed by atoms with Gasteiger partial charge >= 0.3 is 0 Å². The molecule has 18 heavy (non-hydrogen) atoms. The number of anilines is 1. The van der Waals surface area contributed by atoms with Crippen LogP contribution in [-0.2, 0) is 5.75 Å². The van der Waals surface area contributed by atoms with Gasteiger partial charge in [0.15, 0.2) is 0 Å². The fourth-order valence-corrected chi connectivity index (χ4v) is 2.95. The first-order valence-corrected chi connectivity index (χ1v) is 7.30. The highest BCUT2D eigenvalue weighted by atomic mass is 35.5. The summed E-state index contributed by atoms with van der Waals surface area (Å²) in [7, 11) is 0. The van der Waals surface area contributed by atoms with E-state index in [1.54, 1.807) is 30.0 Å². The lowest BCUT2D eigenvalue weighted by atomic mass is 10.2. The quantitative estimate of drug-likeness (QED) is 0.595. The van der Waals surface area contributed by atoms with E-state index in [1.165, 1.54) is 0 Å². The summed E-state index contributed by atoms with van der Waals surface area (Å²) in [4.78, 5) is 0.961. The molecule has 0 aromatic heterocycles. The topological polar surface area (TPSA) is 26.0 Å². The Hall–Kier alpha value is -0.540. The zero-order valence-corrected chi connectivity index (χ0v) is 12.4. The van der Waals surface area contributed by atoms with E-state index in [0.717, 1.165) is 16.2 Å². The second-order valence-electron chi connectivity index (χ2n) is 3.73. The number of thioether (sulfide) groups is 1. The van der Waals surface area contributed by atoms with E-state index >= 15 is 0 Å². The lowest BCUT2D eigenvalue weighted by molar-refractivity contribution is 1.38. The third kappa shape index (κ3) is 3.48. The second-order valence-corrected chi connectivity index (χ2v) is 5.97. The van der Waals surface area contributed by atoms with Gasteiger partial charge in [-0.15, -0.1) is 11.8 Å². The Kier molecular flexibility index (Phi) is 4.68. The highest BCUT2D eigenvalue weighted by Crippen LogP contribution is 2.32. The maximum atomic E-state index is 6.10. The minimum atomic E-state index is 0.562. The van der Waals surface area contributed by atoms with Gasteiger partial charge in [0.1, 0.15) is 0 Å². The molecule has 0 aliphatic carbocycles. The molecule has 1 nitrogen and oxygen atoms in total. The molecule has 0 radical (unpaired) electrons. The third-order valence-corrected chi connectivity index (χ3v) is 4.64. The molecule has 0 fully saturated rings. The van der Waals surface area contributed by atoms with E-state index in [4.69, 9.17) is 40.5 Å². The van der Waals surface area contributed by atoms with E-state index in [1.807, 2.05) is 18.2 Å². The summed E-state index contributed by atoms with van der Waals surface area (Å²) in [6.45, 7) is 0. The van der Waals surface area contributed by atoms with Crippen molar-refractivity contribution < 1.29 is 0 Å².